The molecule has 1 atom stereocenters. The van der Waals surface area contributed by atoms with Crippen molar-refractivity contribution in [2.75, 3.05) is 19.6 Å². The third-order valence-electron chi connectivity index (χ3n) is 1.85. The van der Waals surface area contributed by atoms with Gasteiger partial charge in [-0.3, -0.25) is 10.1 Å². The SMILES string of the molecule is CCCC(=O)NC1CNCCN1. The van der Waals surface area contributed by atoms with Gasteiger partial charge in [-0.25, -0.2) is 0 Å². The molecule has 0 bridgehead atoms. The van der Waals surface area contributed by atoms with Gasteiger partial charge in [0, 0.05) is 26.1 Å². The number of amides is 1. The van der Waals surface area contributed by atoms with Gasteiger partial charge in [-0.15, -0.1) is 0 Å². The summed E-state index contributed by atoms with van der Waals surface area (Å²) in [4.78, 5) is 11.1. The molecule has 12 heavy (non-hydrogen) atoms. The first-order valence-electron chi connectivity index (χ1n) is 4.56. The second-order valence-electron chi connectivity index (χ2n) is 3.03. The molecule has 1 heterocycles. The van der Waals surface area contributed by atoms with Crippen molar-refractivity contribution in [3.05, 3.63) is 0 Å². The van der Waals surface area contributed by atoms with Crippen LogP contribution in [0.5, 0.6) is 0 Å². The zero-order valence-electron chi connectivity index (χ0n) is 7.52. The number of piperazine rings is 1. The number of carbonyl (C=O) groups excluding carboxylic acids is 1. The molecule has 4 heteroatoms. The van der Waals surface area contributed by atoms with Gasteiger partial charge in [0.05, 0.1) is 6.17 Å². The zero-order chi connectivity index (χ0) is 8.81. The normalized spacial score (nSPS) is 23.6. The molecule has 3 N–H and O–H groups in total. The van der Waals surface area contributed by atoms with Gasteiger partial charge in [-0.1, -0.05) is 6.92 Å². The van der Waals surface area contributed by atoms with E-state index in [0.29, 0.717) is 6.42 Å². The lowest BCUT2D eigenvalue weighted by atomic mass is 10.3. The molecule has 1 fully saturated rings. The molecule has 70 valence electrons. The Labute approximate surface area is 73.1 Å². The van der Waals surface area contributed by atoms with Crippen molar-refractivity contribution in [3.8, 4) is 0 Å². The maximum atomic E-state index is 11.1. The van der Waals surface area contributed by atoms with Crippen LogP contribution in [0.2, 0.25) is 0 Å². The lowest BCUT2D eigenvalue weighted by molar-refractivity contribution is -0.122. The predicted octanol–water partition coefficient (Wildman–Crippen LogP) is -0.578. The Morgan fingerprint density at radius 1 is 1.58 bits per heavy atom. The maximum Gasteiger partial charge on any atom is 0.221 e. The Morgan fingerprint density at radius 2 is 2.42 bits per heavy atom. The third kappa shape index (κ3) is 3.19. The summed E-state index contributed by atoms with van der Waals surface area (Å²) in [5, 5.41) is 9.33. The Hall–Kier alpha value is -0.610. The van der Waals surface area contributed by atoms with Crippen LogP contribution in [-0.2, 0) is 4.79 Å². The molecule has 0 aromatic rings. The summed E-state index contributed by atoms with van der Waals surface area (Å²) in [7, 11) is 0. The summed E-state index contributed by atoms with van der Waals surface area (Å²) in [6.07, 6.45) is 1.65. The molecule has 1 unspecified atom stereocenters. The molecule has 1 aliphatic rings. The summed E-state index contributed by atoms with van der Waals surface area (Å²) < 4.78 is 0. The van der Waals surface area contributed by atoms with Crippen LogP contribution in [-0.4, -0.2) is 31.7 Å². The number of hydrogen-bond acceptors (Lipinski definition) is 3. The smallest absolute Gasteiger partial charge is 0.221 e. The van der Waals surface area contributed by atoms with Gasteiger partial charge in [0.1, 0.15) is 0 Å². The fourth-order valence-corrected chi connectivity index (χ4v) is 1.25. The highest BCUT2D eigenvalue weighted by Crippen LogP contribution is 1.88. The summed E-state index contributed by atoms with van der Waals surface area (Å²) >= 11 is 0. The Bertz CT molecular complexity index is 143. The van der Waals surface area contributed by atoms with Crippen LogP contribution in [0, 0.1) is 0 Å². The second-order valence-corrected chi connectivity index (χ2v) is 3.03. The van der Waals surface area contributed by atoms with E-state index in [1.165, 1.54) is 0 Å². The van der Waals surface area contributed by atoms with E-state index in [-0.39, 0.29) is 12.1 Å². The number of rotatable bonds is 3. The molecule has 1 amide bonds. The lowest BCUT2D eigenvalue weighted by Gasteiger charge is -2.25. The highest BCUT2D eigenvalue weighted by Gasteiger charge is 2.12. The molecule has 0 aromatic carbocycles. The molecule has 1 rings (SSSR count). The summed E-state index contributed by atoms with van der Waals surface area (Å²) in [6.45, 7) is 4.75. The van der Waals surface area contributed by atoms with Gasteiger partial charge in [0.15, 0.2) is 0 Å². The molecule has 0 spiro atoms. The van der Waals surface area contributed by atoms with Crippen molar-refractivity contribution in [1.29, 1.82) is 0 Å². The van der Waals surface area contributed by atoms with E-state index in [1.54, 1.807) is 0 Å². The van der Waals surface area contributed by atoms with Gasteiger partial charge in [-0.2, -0.15) is 0 Å². The fourth-order valence-electron chi connectivity index (χ4n) is 1.25. The summed E-state index contributed by atoms with van der Waals surface area (Å²) in [5.41, 5.74) is 0. The number of hydrogen-bond donors (Lipinski definition) is 3. The number of carbonyl (C=O) groups is 1. The predicted molar refractivity (Wildman–Crippen MR) is 47.7 cm³/mol. The van der Waals surface area contributed by atoms with Crippen LogP contribution in [0.1, 0.15) is 19.8 Å². The van der Waals surface area contributed by atoms with Crippen LogP contribution in [0.15, 0.2) is 0 Å². The maximum absolute atomic E-state index is 11.1. The minimum absolute atomic E-state index is 0.123. The summed E-state index contributed by atoms with van der Waals surface area (Å²) in [5.74, 6) is 0.138. The minimum atomic E-state index is 0.123. The number of nitrogens with one attached hydrogen (secondary N) is 3. The van der Waals surface area contributed by atoms with E-state index in [9.17, 15) is 4.79 Å². The first-order chi connectivity index (χ1) is 5.83. The van der Waals surface area contributed by atoms with Gasteiger partial charge >= 0.3 is 0 Å². The molecule has 1 aliphatic heterocycles. The van der Waals surface area contributed by atoms with E-state index >= 15 is 0 Å². The minimum Gasteiger partial charge on any atom is -0.339 e. The van der Waals surface area contributed by atoms with Gasteiger partial charge in [-0.05, 0) is 6.42 Å². The fraction of sp³-hybridized carbons (Fsp3) is 0.875. The van der Waals surface area contributed by atoms with Crippen LogP contribution >= 0.6 is 0 Å². The average Bonchev–Trinajstić information content (AvgIpc) is 2.06. The first-order valence-corrected chi connectivity index (χ1v) is 4.56. The monoisotopic (exact) mass is 171 g/mol. The standard InChI is InChI=1S/C8H17N3O/c1-2-3-8(12)11-7-6-9-4-5-10-7/h7,9-10H,2-6H2,1H3,(H,11,12). The highest BCUT2D eigenvalue weighted by molar-refractivity contribution is 5.76. The Morgan fingerprint density at radius 3 is 3.00 bits per heavy atom. The van der Waals surface area contributed by atoms with Crippen LogP contribution in [0.3, 0.4) is 0 Å². The first kappa shape index (κ1) is 9.48. The van der Waals surface area contributed by atoms with Crippen LogP contribution in [0.25, 0.3) is 0 Å². The van der Waals surface area contributed by atoms with Crippen LogP contribution in [0.4, 0.5) is 0 Å². The third-order valence-corrected chi connectivity index (χ3v) is 1.85. The molecule has 1 saturated heterocycles. The molecular weight excluding hydrogens is 154 g/mol. The van der Waals surface area contributed by atoms with Crippen molar-refractivity contribution in [1.82, 2.24) is 16.0 Å². The molecule has 4 nitrogen and oxygen atoms in total. The second kappa shape index (κ2) is 5.11. The Kier molecular flexibility index (Phi) is 4.04. The van der Waals surface area contributed by atoms with Crippen LogP contribution < -0.4 is 16.0 Å². The molecule has 0 aromatic heterocycles. The zero-order valence-corrected chi connectivity index (χ0v) is 7.52. The molecular formula is C8H17N3O. The van der Waals surface area contributed by atoms with E-state index in [2.05, 4.69) is 16.0 Å². The average molecular weight is 171 g/mol. The van der Waals surface area contributed by atoms with Gasteiger partial charge in [0.2, 0.25) is 5.91 Å². The highest BCUT2D eigenvalue weighted by atomic mass is 16.1. The molecule has 0 radical (unpaired) electrons. The summed E-state index contributed by atoms with van der Waals surface area (Å²) in [6, 6.07) is 0. The van der Waals surface area contributed by atoms with Crippen molar-refractivity contribution in [3.63, 3.8) is 0 Å². The van der Waals surface area contributed by atoms with Crippen molar-refractivity contribution in [2.24, 2.45) is 0 Å². The van der Waals surface area contributed by atoms with Gasteiger partial charge in [0.25, 0.3) is 0 Å². The van der Waals surface area contributed by atoms with Gasteiger partial charge < -0.3 is 10.6 Å². The Balaban J connectivity index is 2.15. The van der Waals surface area contributed by atoms with Crippen molar-refractivity contribution in [2.45, 2.75) is 25.9 Å². The van der Waals surface area contributed by atoms with Crippen molar-refractivity contribution >= 4 is 5.91 Å². The quantitative estimate of drug-likeness (QED) is 0.532. The van der Waals surface area contributed by atoms with E-state index in [4.69, 9.17) is 0 Å². The van der Waals surface area contributed by atoms with E-state index < -0.39 is 0 Å². The molecule has 0 aliphatic carbocycles. The lowest BCUT2D eigenvalue weighted by Crippen LogP contribution is -2.56. The van der Waals surface area contributed by atoms with E-state index in [1.807, 2.05) is 6.92 Å². The molecule has 0 saturated carbocycles. The topological polar surface area (TPSA) is 53.2 Å². The van der Waals surface area contributed by atoms with E-state index in [0.717, 1.165) is 26.1 Å². The largest absolute Gasteiger partial charge is 0.339 e. The van der Waals surface area contributed by atoms with Crippen molar-refractivity contribution < 1.29 is 4.79 Å².